The predicted molar refractivity (Wildman–Crippen MR) is 58.3 cm³/mol. The van der Waals surface area contributed by atoms with Crippen molar-refractivity contribution in [3.8, 4) is 0 Å². The van der Waals surface area contributed by atoms with Crippen LogP contribution in [0, 0.1) is 11.3 Å². The number of fused-ring (bicyclic) bond motifs is 1. The van der Waals surface area contributed by atoms with Crippen molar-refractivity contribution >= 4 is 0 Å². The fourth-order valence-electron chi connectivity index (χ4n) is 2.37. The van der Waals surface area contributed by atoms with Gasteiger partial charge in [-0.3, -0.25) is 0 Å². The van der Waals surface area contributed by atoms with Crippen molar-refractivity contribution in [2.75, 3.05) is 0 Å². The molecule has 1 aromatic heterocycles. The molecule has 0 saturated carbocycles. The van der Waals surface area contributed by atoms with Gasteiger partial charge in [0.25, 0.3) is 0 Å². The maximum Gasteiger partial charge on any atom is 0.151 e. The second-order valence-corrected chi connectivity index (χ2v) is 5.18. The van der Waals surface area contributed by atoms with Gasteiger partial charge in [-0.2, -0.15) is 0 Å². The zero-order valence-corrected chi connectivity index (χ0v) is 9.90. The minimum atomic E-state index is 0.442. The molecule has 1 aliphatic rings. The van der Waals surface area contributed by atoms with E-state index in [0.29, 0.717) is 5.41 Å². The van der Waals surface area contributed by atoms with Crippen molar-refractivity contribution in [2.45, 2.75) is 53.0 Å². The smallest absolute Gasteiger partial charge is 0.151 e. The molecule has 0 saturated heterocycles. The summed E-state index contributed by atoms with van der Waals surface area (Å²) in [4.78, 5) is 0. The van der Waals surface area contributed by atoms with Crippen molar-refractivity contribution in [1.82, 2.24) is 20.2 Å². The van der Waals surface area contributed by atoms with Crippen LogP contribution in [-0.2, 0) is 13.0 Å². The Labute approximate surface area is 91.1 Å². The minimum absolute atomic E-state index is 0.442. The van der Waals surface area contributed by atoms with Gasteiger partial charge in [0.1, 0.15) is 0 Å². The Morgan fingerprint density at radius 1 is 1.40 bits per heavy atom. The number of nitrogens with zero attached hydrogens (tertiary/aromatic N) is 4. The van der Waals surface area contributed by atoms with E-state index in [1.54, 1.807) is 0 Å². The summed E-state index contributed by atoms with van der Waals surface area (Å²) in [5, 5.41) is 11.8. The van der Waals surface area contributed by atoms with Crippen LogP contribution in [0.3, 0.4) is 0 Å². The van der Waals surface area contributed by atoms with Crippen LogP contribution in [0.25, 0.3) is 0 Å². The molecule has 1 aliphatic heterocycles. The first-order valence-corrected chi connectivity index (χ1v) is 5.88. The molecule has 0 N–H and O–H groups in total. The highest BCUT2D eigenvalue weighted by molar-refractivity contribution is 4.88. The fraction of sp³-hybridized carbons (Fsp3) is 0.909. The Hall–Kier alpha value is -0.930. The van der Waals surface area contributed by atoms with Crippen LogP contribution < -0.4 is 0 Å². The van der Waals surface area contributed by atoms with E-state index in [9.17, 15) is 0 Å². The van der Waals surface area contributed by atoms with E-state index < -0.39 is 0 Å². The average Bonchev–Trinajstić information content (AvgIpc) is 2.57. The zero-order chi connectivity index (χ0) is 10.9. The van der Waals surface area contributed by atoms with Crippen molar-refractivity contribution in [2.24, 2.45) is 11.3 Å². The van der Waals surface area contributed by atoms with Gasteiger partial charge < -0.3 is 0 Å². The van der Waals surface area contributed by atoms with E-state index in [-0.39, 0.29) is 0 Å². The van der Waals surface area contributed by atoms with Gasteiger partial charge in [-0.15, -0.1) is 5.10 Å². The molecule has 1 atom stereocenters. The number of hydrogen-bond acceptors (Lipinski definition) is 3. The molecule has 0 fully saturated rings. The van der Waals surface area contributed by atoms with Crippen LogP contribution in [0.1, 0.15) is 45.9 Å². The number of rotatable bonds is 2. The number of aromatic nitrogens is 4. The molecular weight excluding hydrogens is 188 g/mol. The molecule has 0 aliphatic carbocycles. The van der Waals surface area contributed by atoms with Crippen molar-refractivity contribution in [3.63, 3.8) is 0 Å². The van der Waals surface area contributed by atoms with Crippen LogP contribution in [0.15, 0.2) is 0 Å². The third-order valence-corrected chi connectivity index (χ3v) is 4.03. The van der Waals surface area contributed by atoms with E-state index in [1.165, 1.54) is 19.3 Å². The fourth-order valence-corrected chi connectivity index (χ4v) is 2.37. The molecule has 4 heteroatoms. The largest absolute Gasteiger partial charge is 0.230 e. The first-order chi connectivity index (χ1) is 7.13. The van der Waals surface area contributed by atoms with Crippen molar-refractivity contribution < 1.29 is 0 Å². The summed E-state index contributed by atoms with van der Waals surface area (Å²) >= 11 is 0. The van der Waals surface area contributed by atoms with Gasteiger partial charge in [0, 0.05) is 13.0 Å². The Kier molecular flexibility index (Phi) is 2.76. The first-order valence-electron chi connectivity index (χ1n) is 5.88. The Balaban J connectivity index is 2.08. The van der Waals surface area contributed by atoms with Crippen LogP contribution >= 0.6 is 0 Å². The first kappa shape index (κ1) is 10.6. The zero-order valence-electron chi connectivity index (χ0n) is 9.90. The second-order valence-electron chi connectivity index (χ2n) is 5.18. The number of tetrazole rings is 1. The molecule has 0 aromatic carbocycles. The highest BCUT2D eigenvalue weighted by Gasteiger charge is 2.29. The summed E-state index contributed by atoms with van der Waals surface area (Å²) in [5.41, 5.74) is 0.442. The monoisotopic (exact) mass is 208 g/mol. The van der Waals surface area contributed by atoms with E-state index in [4.69, 9.17) is 0 Å². The molecule has 84 valence electrons. The Bertz CT molecular complexity index is 307. The molecule has 1 aromatic rings. The molecule has 0 bridgehead atoms. The lowest BCUT2D eigenvalue weighted by molar-refractivity contribution is 0.178. The molecule has 0 amide bonds. The van der Waals surface area contributed by atoms with Crippen LogP contribution in [0.2, 0.25) is 0 Å². The lowest BCUT2D eigenvalue weighted by Gasteiger charge is -2.32. The summed E-state index contributed by atoms with van der Waals surface area (Å²) in [6.45, 7) is 8.01. The summed E-state index contributed by atoms with van der Waals surface area (Å²) in [6, 6.07) is 0. The van der Waals surface area contributed by atoms with Gasteiger partial charge in [-0.05, 0) is 34.6 Å². The average molecular weight is 208 g/mol. The summed E-state index contributed by atoms with van der Waals surface area (Å²) in [5.74, 6) is 1.84. The maximum atomic E-state index is 4.06. The molecule has 15 heavy (non-hydrogen) atoms. The molecular formula is C11H20N4. The van der Waals surface area contributed by atoms with E-state index >= 15 is 0 Å². The molecule has 2 heterocycles. The summed E-state index contributed by atoms with van der Waals surface area (Å²) < 4.78 is 1.96. The lowest BCUT2D eigenvalue weighted by Crippen LogP contribution is -2.23. The summed E-state index contributed by atoms with van der Waals surface area (Å²) in [7, 11) is 0. The quantitative estimate of drug-likeness (QED) is 0.747. The van der Waals surface area contributed by atoms with Gasteiger partial charge in [0.2, 0.25) is 0 Å². The van der Waals surface area contributed by atoms with E-state index in [1.807, 2.05) is 4.68 Å². The molecule has 0 radical (unpaired) electrons. The second kappa shape index (κ2) is 3.91. The van der Waals surface area contributed by atoms with Crippen molar-refractivity contribution in [1.29, 1.82) is 0 Å². The predicted octanol–water partition coefficient (Wildman–Crippen LogP) is 2.06. The number of aryl methyl sites for hydroxylation is 2. The van der Waals surface area contributed by atoms with E-state index in [0.717, 1.165) is 24.7 Å². The van der Waals surface area contributed by atoms with Gasteiger partial charge in [-0.1, -0.05) is 27.2 Å². The normalized spacial score (nSPS) is 22.2. The van der Waals surface area contributed by atoms with Gasteiger partial charge >= 0.3 is 0 Å². The summed E-state index contributed by atoms with van der Waals surface area (Å²) in [6.07, 6.45) is 4.70. The Morgan fingerprint density at radius 3 is 2.93 bits per heavy atom. The van der Waals surface area contributed by atoms with Gasteiger partial charge in [0.05, 0.1) is 0 Å². The SMILES string of the molecule is CCC(C)(C)C1CCc2nnnn2CC1. The van der Waals surface area contributed by atoms with Crippen LogP contribution in [-0.4, -0.2) is 20.2 Å². The van der Waals surface area contributed by atoms with Crippen LogP contribution in [0.4, 0.5) is 0 Å². The molecule has 0 spiro atoms. The highest BCUT2D eigenvalue weighted by atomic mass is 15.5. The van der Waals surface area contributed by atoms with E-state index in [2.05, 4.69) is 36.3 Å². The maximum absolute atomic E-state index is 4.06. The highest BCUT2D eigenvalue weighted by Crippen LogP contribution is 2.37. The third kappa shape index (κ3) is 2.03. The van der Waals surface area contributed by atoms with Gasteiger partial charge in [0.15, 0.2) is 5.82 Å². The standard InChI is InChI=1S/C11H20N4/c1-4-11(2,3)9-5-6-10-12-13-14-15(10)8-7-9/h9H,4-8H2,1-3H3. The molecule has 1 unspecified atom stereocenters. The lowest BCUT2D eigenvalue weighted by atomic mass is 9.73. The minimum Gasteiger partial charge on any atom is -0.230 e. The Morgan fingerprint density at radius 2 is 2.20 bits per heavy atom. The molecule has 4 nitrogen and oxygen atoms in total. The molecule has 2 rings (SSSR count). The van der Waals surface area contributed by atoms with Crippen molar-refractivity contribution in [3.05, 3.63) is 5.82 Å². The number of hydrogen-bond donors (Lipinski definition) is 0. The topological polar surface area (TPSA) is 43.6 Å². The van der Waals surface area contributed by atoms with Crippen LogP contribution in [0.5, 0.6) is 0 Å². The third-order valence-electron chi connectivity index (χ3n) is 4.03. The van der Waals surface area contributed by atoms with Gasteiger partial charge in [-0.25, -0.2) is 4.68 Å².